The molecule has 0 amide bonds. The van der Waals surface area contributed by atoms with E-state index < -0.39 is 0 Å². The van der Waals surface area contributed by atoms with Crippen LogP contribution in [0.5, 0.6) is 0 Å². The Balaban J connectivity index is 1.81. The minimum atomic E-state index is 0.165. The number of nitrogens with zero attached hydrogens (tertiary/aromatic N) is 1. The highest BCUT2D eigenvalue weighted by molar-refractivity contribution is 7.99. The Hall–Kier alpha value is -0.0600. The van der Waals surface area contributed by atoms with Crippen molar-refractivity contribution in [3.63, 3.8) is 0 Å². The number of hydrogen-bond donors (Lipinski definition) is 1. The molecule has 0 spiro atoms. The third-order valence-electron chi connectivity index (χ3n) is 3.76. The second-order valence-electron chi connectivity index (χ2n) is 6.73. The predicted octanol–water partition coefficient (Wildman–Crippen LogP) is 4.26. The van der Waals surface area contributed by atoms with Crippen molar-refractivity contribution in [3.05, 3.63) is 15.6 Å². The number of hydrogen-bond acceptors (Lipinski definition) is 4. The fourth-order valence-corrected chi connectivity index (χ4v) is 5.25. The Kier molecular flexibility index (Phi) is 3.93. The normalized spacial score (nSPS) is 24.1. The van der Waals surface area contributed by atoms with E-state index in [1.807, 2.05) is 11.3 Å². The molecule has 4 heteroatoms. The van der Waals surface area contributed by atoms with Gasteiger partial charge in [-0.15, -0.1) is 11.3 Å². The van der Waals surface area contributed by atoms with Gasteiger partial charge >= 0.3 is 0 Å². The molecule has 1 N–H and O–H groups in total. The van der Waals surface area contributed by atoms with E-state index in [2.05, 4.69) is 37.8 Å². The van der Waals surface area contributed by atoms with Crippen molar-refractivity contribution in [1.82, 2.24) is 10.3 Å². The van der Waals surface area contributed by atoms with Gasteiger partial charge in [0.1, 0.15) is 5.01 Å². The third-order valence-corrected chi connectivity index (χ3v) is 6.46. The average molecular weight is 297 g/mol. The van der Waals surface area contributed by atoms with Gasteiger partial charge in [-0.3, -0.25) is 0 Å². The highest BCUT2D eigenvalue weighted by atomic mass is 32.2. The maximum Gasteiger partial charge on any atom is 0.106 e. The summed E-state index contributed by atoms with van der Waals surface area (Å²) in [6, 6.07) is 0.777. The molecule has 1 aliphatic carbocycles. The lowest BCUT2D eigenvalue weighted by atomic mass is 9.91. The van der Waals surface area contributed by atoms with Gasteiger partial charge in [-0.2, -0.15) is 11.8 Å². The van der Waals surface area contributed by atoms with Gasteiger partial charge < -0.3 is 5.32 Å². The Morgan fingerprint density at radius 1 is 1.26 bits per heavy atom. The molecule has 1 atom stereocenters. The molecular weight excluding hydrogens is 272 g/mol. The zero-order chi connectivity index (χ0) is 13.5. The Morgan fingerprint density at radius 3 is 2.63 bits per heavy atom. The van der Waals surface area contributed by atoms with Gasteiger partial charge in [0.05, 0.1) is 10.9 Å². The third kappa shape index (κ3) is 3.34. The number of aromatic nitrogens is 1. The predicted molar refractivity (Wildman–Crippen MR) is 85.1 cm³/mol. The molecule has 2 fully saturated rings. The van der Waals surface area contributed by atoms with Crippen LogP contribution in [-0.4, -0.2) is 16.8 Å². The summed E-state index contributed by atoms with van der Waals surface area (Å²) in [6.07, 6.45) is 5.39. The van der Waals surface area contributed by atoms with E-state index >= 15 is 0 Å². The summed E-state index contributed by atoms with van der Waals surface area (Å²) in [5.74, 6) is 1.31. The van der Waals surface area contributed by atoms with Crippen LogP contribution in [0.3, 0.4) is 0 Å². The molecule has 1 aromatic rings. The molecule has 1 aromatic heterocycles. The lowest BCUT2D eigenvalue weighted by Crippen LogP contribution is -2.20. The minimum absolute atomic E-state index is 0.165. The lowest BCUT2D eigenvalue weighted by molar-refractivity contribution is 0.556. The van der Waals surface area contributed by atoms with Crippen LogP contribution in [0.15, 0.2) is 0 Å². The maximum atomic E-state index is 5.02. The molecular formula is C15H24N2S2. The minimum Gasteiger partial charge on any atom is -0.309 e. The summed E-state index contributed by atoms with van der Waals surface area (Å²) in [6.45, 7) is 7.88. The first-order chi connectivity index (χ1) is 9.04. The van der Waals surface area contributed by atoms with E-state index in [1.54, 1.807) is 0 Å². The number of rotatable bonds is 4. The molecule has 1 unspecified atom stereocenters. The standard InChI is InChI=1S/C15H24N2S2/c1-15(2,3)13-12(9-16-10-6-7-10)19-14(17-13)11-5-4-8-18-11/h10-11,16H,4-9H2,1-3H3. The SMILES string of the molecule is CC(C)(C)c1nc(C2CCCS2)sc1CNC1CC1. The second kappa shape index (κ2) is 5.38. The molecule has 2 aliphatic rings. The van der Waals surface area contributed by atoms with Crippen LogP contribution in [0.2, 0.25) is 0 Å². The van der Waals surface area contributed by atoms with Gasteiger partial charge in [0.25, 0.3) is 0 Å². The first-order valence-corrected chi connectivity index (χ1v) is 9.25. The molecule has 19 heavy (non-hydrogen) atoms. The van der Waals surface area contributed by atoms with Crippen LogP contribution >= 0.6 is 23.1 Å². The van der Waals surface area contributed by atoms with Crippen LogP contribution in [-0.2, 0) is 12.0 Å². The molecule has 1 saturated heterocycles. The van der Waals surface area contributed by atoms with E-state index in [0.29, 0.717) is 5.25 Å². The van der Waals surface area contributed by atoms with Crippen molar-refractivity contribution in [2.75, 3.05) is 5.75 Å². The van der Waals surface area contributed by atoms with E-state index in [9.17, 15) is 0 Å². The maximum absolute atomic E-state index is 5.02. The van der Waals surface area contributed by atoms with Crippen molar-refractivity contribution < 1.29 is 0 Å². The smallest absolute Gasteiger partial charge is 0.106 e. The van der Waals surface area contributed by atoms with E-state index in [4.69, 9.17) is 4.98 Å². The number of thioether (sulfide) groups is 1. The number of thiazole rings is 1. The quantitative estimate of drug-likeness (QED) is 0.898. The van der Waals surface area contributed by atoms with Crippen molar-refractivity contribution in [3.8, 4) is 0 Å². The monoisotopic (exact) mass is 296 g/mol. The summed E-state index contributed by atoms with van der Waals surface area (Å²) in [7, 11) is 0. The van der Waals surface area contributed by atoms with Crippen LogP contribution in [0.25, 0.3) is 0 Å². The second-order valence-corrected chi connectivity index (χ2v) is 9.16. The summed E-state index contributed by atoms with van der Waals surface area (Å²) in [4.78, 5) is 6.49. The van der Waals surface area contributed by atoms with Gasteiger partial charge in [0.2, 0.25) is 0 Å². The zero-order valence-electron chi connectivity index (χ0n) is 12.2. The van der Waals surface area contributed by atoms with Gasteiger partial charge in [-0.25, -0.2) is 4.98 Å². The summed E-state index contributed by atoms with van der Waals surface area (Å²) < 4.78 is 0. The fourth-order valence-electron chi connectivity index (χ4n) is 2.51. The molecule has 0 radical (unpaired) electrons. The largest absolute Gasteiger partial charge is 0.309 e. The van der Waals surface area contributed by atoms with Crippen LogP contribution in [0.4, 0.5) is 0 Å². The molecule has 2 nitrogen and oxygen atoms in total. The Bertz CT molecular complexity index is 437. The fraction of sp³-hybridized carbons (Fsp3) is 0.800. The van der Waals surface area contributed by atoms with Crippen molar-refractivity contribution >= 4 is 23.1 Å². The summed E-state index contributed by atoms with van der Waals surface area (Å²) in [5, 5.41) is 5.70. The molecule has 1 saturated carbocycles. The van der Waals surface area contributed by atoms with Crippen LogP contribution in [0, 0.1) is 0 Å². The topological polar surface area (TPSA) is 24.9 Å². The van der Waals surface area contributed by atoms with Gasteiger partial charge in [0, 0.05) is 22.9 Å². The highest BCUT2D eigenvalue weighted by Crippen LogP contribution is 2.43. The van der Waals surface area contributed by atoms with Gasteiger partial charge in [0.15, 0.2) is 0 Å². The van der Waals surface area contributed by atoms with Gasteiger partial charge in [-0.05, 0) is 31.4 Å². The first-order valence-electron chi connectivity index (χ1n) is 7.39. The Labute approximate surface area is 124 Å². The van der Waals surface area contributed by atoms with E-state index in [0.717, 1.165) is 12.6 Å². The van der Waals surface area contributed by atoms with E-state index in [-0.39, 0.29) is 5.41 Å². The van der Waals surface area contributed by atoms with E-state index in [1.165, 1.54) is 47.0 Å². The Morgan fingerprint density at radius 2 is 2.05 bits per heavy atom. The lowest BCUT2D eigenvalue weighted by Gasteiger charge is -2.18. The molecule has 2 heterocycles. The summed E-state index contributed by atoms with van der Waals surface area (Å²) >= 11 is 4.05. The number of nitrogens with one attached hydrogen (secondary N) is 1. The zero-order valence-corrected chi connectivity index (χ0v) is 13.8. The van der Waals surface area contributed by atoms with Crippen LogP contribution in [0.1, 0.15) is 67.3 Å². The van der Waals surface area contributed by atoms with Crippen molar-refractivity contribution in [1.29, 1.82) is 0 Å². The van der Waals surface area contributed by atoms with Crippen LogP contribution < -0.4 is 5.32 Å². The van der Waals surface area contributed by atoms with Crippen molar-refractivity contribution in [2.24, 2.45) is 0 Å². The van der Waals surface area contributed by atoms with Gasteiger partial charge in [-0.1, -0.05) is 20.8 Å². The van der Waals surface area contributed by atoms with Crippen molar-refractivity contribution in [2.45, 2.75) is 69.7 Å². The summed E-state index contributed by atoms with van der Waals surface area (Å²) in [5.41, 5.74) is 1.49. The molecule has 1 aliphatic heterocycles. The molecule has 106 valence electrons. The highest BCUT2D eigenvalue weighted by Gasteiger charge is 2.29. The first kappa shape index (κ1) is 13.9. The molecule has 0 bridgehead atoms. The molecule has 0 aromatic carbocycles. The molecule has 3 rings (SSSR count). The average Bonchev–Trinajstić information content (AvgIpc) is 2.87.